The van der Waals surface area contributed by atoms with E-state index in [0.717, 1.165) is 5.56 Å². The molecule has 0 aromatic heterocycles. The summed E-state index contributed by atoms with van der Waals surface area (Å²) in [5.74, 6) is 0.0921. The smallest absolute Gasteiger partial charge is 0.179 e. The number of sulfone groups is 1. The molecular formula is C10H10N2O2S. The minimum Gasteiger partial charge on any atom is -0.312 e. The minimum absolute atomic E-state index is 0.0921. The Morgan fingerprint density at radius 2 is 2.20 bits per heavy atom. The predicted octanol–water partition coefficient (Wildman–Crippen LogP) is 0.435. The molecule has 2 rings (SSSR count). The SMILES string of the molecule is N#Cc1ccc2c(c1)S(=O)(=O)CCNC2. The lowest BCUT2D eigenvalue weighted by Crippen LogP contribution is -2.17. The number of nitriles is 1. The standard InChI is InChI=1S/C10H10N2O2S/c11-6-8-1-2-9-7-12-3-4-15(13,14)10(9)5-8/h1-2,5,12H,3-4,7H2. The Morgan fingerprint density at radius 3 is 2.93 bits per heavy atom. The fourth-order valence-corrected chi connectivity index (χ4v) is 3.08. The molecule has 0 saturated heterocycles. The van der Waals surface area contributed by atoms with E-state index in [1.807, 2.05) is 6.07 Å². The van der Waals surface area contributed by atoms with E-state index in [1.165, 1.54) is 6.07 Å². The number of nitrogens with one attached hydrogen (secondary N) is 1. The largest absolute Gasteiger partial charge is 0.312 e. The molecule has 0 radical (unpaired) electrons. The molecule has 1 aromatic carbocycles. The van der Waals surface area contributed by atoms with Crippen molar-refractivity contribution in [2.24, 2.45) is 0 Å². The molecule has 0 bridgehead atoms. The first-order valence-corrected chi connectivity index (χ1v) is 6.25. The van der Waals surface area contributed by atoms with Crippen molar-refractivity contribution in [3.05, 3.63) is 29.3 Å². The molecule has 0 amide bonds. The Hall–Kier alpha value is -1.38. The highest BCUT2D eigenvalue weighted by molar-refractivity contribution is 7.91. The maximum Gasteiger partial charge on any atom is 0.179 e. The zero-order chi connectivity index (χ0) is 10.9. The van der Waals surface area contributed by atoms with Gasteiger partial charge in [0, 0.05) is 13.1 Å². The first-order chi connectivity index (χ1) is 7.13. The second kappa shape index (κ2) is 3.65. The summed E-state index contributed by atoms with van der Waals surface area (Å²) in [5.41, 5.74) is 1.13. The van der Waals surface area contributed by atoms with Crippen LogP contribution in [-0.2, 0) is 16.4 Å². The van der Waals surface area contributed by atoms with E-state index in [1.54, 1.807) is 12.1 Å². The number of hydrogen-bond donors (Lipinski definition) is 1. The van der Waals surface area contributed by atoms with Crippen LogP contribution in [0.3, 0.4) is 0 Å². The molecule has 0 unspecified atom stereocenters. The molecule has 0 saturated carbocycles. The summed E-state index contributed by atoms with van der Waals surface area (Å²) in [6, 6.07) is 6.74. The molecule has 1 aromatic rings. The van der Waals surface area contributed by atoms with E-state index >= 15 is 0 Å². The average molecular weight is 222 g/mol. The summed E-state index contributed by atoms with van der Waals surface area (Å²) in [7, 11) is -3.22. The molecule has 0 fully saturated rings. The second-order valence-corrected chi connectivity index (χ2v) is 5.51. The van der Waals surface area contributed by atoms with Gasteiger partial charge in [-0.25, -0.2) is 8.42 Å². The quantitative estimate of drug-likeness (QED) is 0.691. The van der Waals surface area contributed by atoms with Crippen LogP contribution in [0.4, 0.5) is 0 Å². The molecule has 0 aliphatic carbocycles. The highest BCUT2D eigenvalue weighted by Gasteiger charge is 2.21. The third-order valence-electron chi connectivity index (χ3n) is 2.39. The van der Waals surface area contributed by atoms with E-state index < -0.39 is 9.84 Å². The van der Waals surface area contributed by atoms with Crippen molar-refractivity contribution in [1.82, 2.24) is 5.32 Å². The lowest BCUT2D eigenvalue weighted by Gasteiger charge is -2.05. The third-order valence-corrected chi connectivity index (χ3v) is 4.19. The van der Waals surface area contributed by atoms with Crippen molar-refractivity contribution in [3.63, 3.8) is 0 Å². The number of nitrogens with zero attached hydrogens (tertiary/aromatic N) is 1. The van der Waals surface area contributed by atoms with E-state index in [-0.39, 0.29) is 5.75 Å². The van der Waals surface area contributed by atoms with E-state index in [4.69, 9.17) is 5.26 Å². The van der Waals surface area contributed by atoms with Crippen molar-refractivity contribution in [2.45, 2.75) is 11.4 Å². The molecular weight excluding hydrogens is 212 g/mol. The van der Waals surface area contributed by atoms with Gasteiger partial charge < -0.3 is 5.32 Å². The van der Waals surface area contributed by atoms with E-state index in [0.29, 0.717) is 23.5 Å². The predicted molar refractivity (Wildman–Crippen MR) is 54.9 cm³/mol. The number of benzene rings is 1. The number of hydrogen-bond acceptors (Lipinski definition) is 4. The molecule has 1 heterocycles. The zero-order valence-electron chi connectivity index (χ0n) is 8.03. The van der Waals surface area contributed by atoms with Crippen LogP contribution in [0.15, 0.2) is 23.1 Å². The Kier molecular flexibility index (Phi) is 2.47. The molecule has 1 N–H and O–H groups in total. The summed E-state index contributed by atoms with van der Waals surface area (Å²) in [4.78, 5) is 0.298. The average Bonchev–Trinajstić information content (AvgIpc) is 2.37. The van der Waals surface area contributed by atoms with Gasteiger partial charge in [0.05, 0.1) is 22.3 Å². The van der Waals surface area contributed by atoms with Gasteiger partial charge in [-0.3, -0.25) is 0 Å². The summed E-state index contributed by atoms with van der Waals surface area (Å²) < 4.78 is 23.6. The highest BCUT2D eigenvalue weighted by atomic mass is 32.2. The molecule has 5 heteroatoms. The molecule has 78 valence electrons. The fourth-order valence-electron chi connectivity index (χ4n) is 1.60. The van der Waals surface area contributed by atoms with Gasteiger partial charge in [0.25, 0.3) is 0 Å². The maximum absolute atomic E-state index is 11.8. The summed E-state index contributed by atoms with van der Waals surface area (Å²) in [5, 5.41) is 11.8. The molecule has 1 aliphatic heterocycles. The van der Waals surface area contributed by atoms with E-state index in [2.05, 4.69) is 5.32 Å². The van der Waals surface area contributed by atoms with E-state index in [9.17, 15) is 8.42 Å². The zero-order valence-corrected chi connectivity index (χ0v) is 8.84. The highest BCUT2D eigenvalue weighted by Crippen LogP contribution is 2.20. The summed E-state index contributed by atoms with van der Waals surface area (Å²) in [6.45, 7) is 0.999. The maximum atomic E-state index is 11.8. The van der Waals surface area contributed by atoms with Crippen LogP contribution in [0.1, 0.15) is 11.1 Å². The first-order valence-electron chi connectivity index (χ1n) is 4.60. The monoisotopic (exact) mass is 222 g/mol. The van der Waals surface area contributed by atoms with Gasteiger partial charge in [0.2, 0.25) is 0 Å². The molecule has 4 nitrogen and oxygen atoms in total. The van der Waals surface area contributed by atoms with Gasteiger partial charge in [-0.1, -0.05) is 6.07 Å². The first kappa shape index (κ1) is 10.1. The van der Waals surface area contributed by atoms with Gasteiger partial charge >= 0.3 is 0 Å². The Balaban J connectivity index is 2.65. The Labute approximate surface area is 88.5 Å². The molecule has 0 atom stereocenters. The van der Waals surface area contributed by atoms with Crippen molar-refractivity contribution in [1.29, 1.82) is 5.26 Å². The van der Waals surface area contributed by atoms with Crippen LogP contribution < -0.4 is 5.32 Å². The van der Waals surface area contributed by atoms with Crippen LogP contribution in [0.2, 0.25) is 0 Å². The summed E-state index contributed by atoms with van der Waals surface area (Å²) >= 11 is 0. The van der Waals surface area contributed by atoms with Crippen molar-refractivity contribution >= 4 is 9.84 Å². The Bertz CT molecular complexity index is 529. The van der Waals surface area contributed by atoms with Crippen LogP contribution in [0.25, 0.3) is 0 Å². The van der Waals surface area contributed by atoms with Gasteiger partial charge in [-0.15, -0.1) is 0 Å². The topological polar surface area (TPSA) is 70.0 Å². The lowest BCUT2D eigenvalue weighted by molar-refractivity contribution is 0.595. The van der Waals surface area contributed by atoms with Gasteiger partial charge in [-0.2, -0.15) is 5.26 Å². The second-order valence-electron chi connectivity index (χ2n) is 3.43. The minimum atomic E-state index is -3.22. The van der Waals surface area contributed by atoms with Crippen LogP contribution in [0.5, 0.6) is 0 Å². The van der Waals surface area contributed by atoms with Crippen LogP contribution >= 0.6 is 0 Å². The normalized spacial score (nSPS) is 18.6. The van der Waals surface area contributed by atoms with Gasteiger partial charge in [0.1, 0.15) is 0 Å². The third kappa shape index (κ3) is 1.87. The fraction of sp³-hybridized carbons (Fsp3) is 0.300. The van der Waals surface area contributed by atoms with Gasteiger partial charge in [-0.05, 0) is 17.7 Å². The molecule has 1 aliphatic rings. The molecule has 0 spiro atoms. The number of fused-ring (bicyclic) bond motifs is 1. The van der Waals surface area contributed by atoms with Crippen LogP contribution in [0, 0.1) is 11.3 Å². The lowest BCUT2D eigenvalue weighted by atomic mass is 10.1. The van der Waals surface area contributed by atoms with Crippen molar-refractivity contribution < 1.29 is 8.42 Å². The Morgan fingerprint density at radius 1 is 1.40 bits per heavy atom. The number of rotatable bonds is 0. The van der Waals surface area contributed by atoms with Gasteiger partial charge in [0.15, 0.2) is 9.84 Å². The molecule has 15 heavy (non-hydrogen) atoms. The van der Waals surface area contributed by atoms with Crippen LogP contribution in [-0.4, -0.2) is 20.7 Å². The van der Waals surface area contributed by atoms with Crippen molar-refractivity contribution in [3.8, 4) is 6.07 Å². The summed E-state index contributed by atoms with van der Waals surface area (Å²) in [6.07, 6.45) is 0. The van der Waals surface area contributed by atoms with Crippen molar-refractivity contribution in [2.75, 3.05) is 12.3 Å².